The van der Waals surface area contributed by atoms with Crippen LogP contribution in [-0.4, -0.2) is 12.6 Å². The van der Waals surface area contributed by atoms with Crippen molar-refractivity contribution in [3.05, 3.63) is 33.0 Å². The first-order valence-electron chi connectivity index (χ1n) is 3.88. The molecule has 0 N–H and O–H groups in total. The SMILES string of the molecule is CCOC(=O)c1cc(F)c(Br)cc1Cl. The van der Waals surface area contributed by atoms with Crippen LogP contribution in [0.25, 0.3) is 0 Å². The van der Waals surface area contributed by atoms with Gasteiger partial charge in [0.25, 0.3) is 0 Å². The zero-order valence-corrected chi connectivity index (χ0v) is 9.65. The number of hydrogen-bond donors (Lipinski definition) is 0. The smallest absolute Gasteiger partial charge is 0.339 e. The second-order valence-corrected chi connectivity index (χ2v) is 3.73. The van der Waals surface area contributed by atoms with Gasteiger partial charge in [-0.3, -0.25) is 0 Å². The van der Waals surface area contributed by atoms with Gasteiger partial charge in [0.15, 0.2) is 0 Å². The summed E-state index contributed by atoms with van der Waals surface area (Å²) in [5.41, 5.74) is 0.0363. The van der Waals surface area contributed by atoms with Crippen molar-refractivity contribution in [2.75, 3.05) is 6.61 Å². The van der Waals surface area contributed by atoms with Gasteiger partial charge in [-0.2, -0.15) is 0 Å². The molecule has 0 unspecified atom stereocenters. The third kappa shape index (κ3) is 2.45. The first-order valence-corrected chi connectivity index (χ1v) is 5.05. The number of benzene rings is 1. The van der Waals surface area contributed by atoms with Crippen LogP contribution in [-0.2, 0) is 4.74 Å². The molecule has 0 bridgehead atoms. The molecular weight excluding hydrogens is 274 g/mol. The molecule has 0 amide bonds. The van der Waals surface area contributed by atoms with Crippen LogP contribution in [0.4, 0.5) is 4.39 Å². The van der Waals surface area contributed by atoms with Gasteiger partial charge in [-0.25, -0.2) is 9.18 Å². The van der Waals surface area contributed by atoms with Crippen LogP contribution in [0.2, 0.25) is 5.02 Å². The maximum absolute atomic E-state index is 13.0. The Morgan fingerprint density at radius 2 is 2.29 bits per heavy atom. The van der Waals surface area contributed by atoms with Gasteiger partial charge in [0.2, 0.25) is 0 Å². The minimum absolute atomic E-state index is 0.0363. The van der Waals surface area contributed by atoms with Crippen molar-refractivity contribution in [1.29, 1.82) is 0 Å². The van der Waals surface area contributed by atoms with Crippen LogP contribution < -0.4 is 0 Å². The molecule has 0 radical (unpaired) electrons. The fraction of sp³-hybridized carbons (Fsp3) is 0.222. The van der Waals surface area contributed by atoms with Gasteiger partial charge in [-0.1, -0.05) is 11.6 Å². The summed E-state index contributed by atoms with van der Waals surface area (Å²) in [7, 11) is 0. The van der Waals surface area contributed by atoms with E-state index in [1.165, 1.54) is 6.07 Å². The number of carbonyl (C=O) groups excluding carboxylic acids is 1. The largest absolute Gasteiger partial charge is 0.462 e. The third-order valence-electron chi connectivity index (χ3n) is 1.51. The first-order chi connectivity index (χ1) is 6.56. The lowest BCUT2D eigenvalue weighted by Crippen LogP contribution is -2.06. The lowest BCUT2D eigenvalue weighted by molar-refractivity contribution is 0.0526. The highest BCUT2D eigenvalue weighted by Crippen LogP contribution is 2.25. The zero-order valence-electron chi connectivity index (χ0n) is 7.31. The number of hydrogen-bond acceptors (Lipinski definition) is 2. The van der Waals surface area contributed by atoms with E-state index in [-0.39, 0.29) is 21.7 Å². The summed E-state index contributed by atoms with van der Waals surface area (Å²) < 4.78 is 18.0. The fourth-order valence-electron chi connectivity index (χ4n) is 0.888. The summed E-state index contributed by atoms with van der Waals surface area (Å²) in [6.07, 6.45) is 0. The number of ether oxygens (including phenoxy) is 1. The number of carbonyl (C=O) groups is 1. The van der Waals surface area contributed by atoms with Gasteiger partial charge < -0.3 is 4.74 Å². The summed E-state index contributed by atoms with van der Waals surface area (Å²) in [5, 5.41) is 0.164. The van der Waals surface area contributed by atoms with Crippen LogP contribution in [0.1, 0.15) is 17.3 Å². The van der Waals surface area contributed by atoms with Gasteiger partial charge in [0.1, 0.15) is 5.82 Å². The molecule has 5 heteroatoms. The van der Waals surface area contributed by atoms with Crippen molar-refractivity contribution in [2.45, 2.75) is 6.92 Å². The molecule has 0 atom stereocenters. The van der Waals surface area contributed by atoms with E-state index >= 15 is 0 Å². The Balaban J connectivity index is 3.09. The molecule has 2 nitrogen and oxygen atoms in total. The van der Waals surface area contributed by atoms with Crippen LogP contribution in [0.3, 0.4) is 0 Å². The summed E-state index contributed by atoms with van der Waals surface area (Å²) >= 11 is 8.69. The molecule has 0 aromatic heterocycles. The summed E-state index contributed by atoms with van der Waals surface area (Å²) in [4.78, 5) is 11.2. The van der Waals surface area contributed by atoms with E-state index < -0.39 is 11.8 Å². The van der Waals surface area contributed by atoms with Crippen LogP contribution in [0, 0.1) is 5.82 Å². The van der Waals surface area contributed by atoms with Crippen molar-refractivity contribution < 1.29 is 13.9 Å². The number of rotatable bonds is 2. The molecule has 0 saturated heterocycles. The monoisotopic (exact) mass is 280 g/mol. The highest BCUT2D eigenvalue weighted by Gasteiger charge is 2.14. The molecule has 1 aromatic rings. The van der Waals surface area contributed by atoms with Gasteiger partial charge >= 0.3 is 5.97 Å². The highest BCUT2D eigenvalue weighted by molar-refractivity contribution is 9.10. The van der Waals surface area contributed by atoms with E-state index in [0.717, 1.165) is 6.07 Å². The minimum Gasteiger partial charge on any atom is -0.462 e. The molecule has 0 spiro atoms. The van der Waals surface area contributed by atoms with Crippen molar-refractivity contribution in [2.24, 2.45) is 0 Å². The van der Waals surface area contributed by atoms with Crippen LogP contribution in [0.15, 0.2) is 16.6 Å². The first kappa shape index (κ1) is 11.5. The second-order valence-electron chi connectivity index (χ2n) is 2.47. The Hall–Kier alpha value is -0.610. The van der Waals surface area contributed by atoms with E-state index in [1.807, 2.05) is 0 Å². The fourth-order valence-corrected chi connectivity index (χ4v) is 1.60. The maximum atomic E-state index is 13.0. The predicted molar refractivity (Wildman–Crippen MR) is 55.1 cm³/mol. The minimum atomic E-state index is -0.621. The Kier molecular flexibility index (Phi) is 3.89. The number of esters is 1. The summed E-state index contributed by atoms with van der Waals surface area (Å²) in [6, 6.07) is 2.37. The number of halogens is 3. The van der Waals surface area contributed by atoms with Gasteiger partial charge in [0, 0.05) is 0 Å². The van der Waals surface area contributed by atoms with E-state index in [4.69, 9.17) is 16.3 Å². The van der Waals surface area contributed by atoms with E-state index in [1.54, 1.807) is 6.92 Å². The Morgan fingerprint density at radius 3 is 2.86 bits per heavy atom. The van der Waals surface area contributed by atoms with Crippen LogP contribution in [0.5, 0.6) is 0 Å². The molecule has 0 aliphatic carbocycles. The summed E-state index contributed by atoms with van der Waals surface area (Å²) in [6.45, 7) is 1.90. The molecule has 0 aliphatic heterocycles. The lowest BCUT2D eigenvalue weighted by atomic mass is 10.2. The average molecular weight is 282 g/mol. The highest BCUT2D eigenvalue weighted by atomic mass is 79.9. The van der Waals surface area contributed by atoms with Gasteiger partial charge in [-0.15, -0.1) is 0 Å². The average Bonchev–Trinajstić information content (AvgIpc) is 2.11. The Morgan fingerprint density at radius 1 is 1.64 bits per heavy atom. The quantitative estimate of drug-likeness (QED) is 0.613. The molecule has 0 aliphatic rings. The molecule has 0 saturated carbocycles. The Bertz CT molecular complexity index is 368. The second kappa shape index (κ2) is 4.75. The molecule has 14 heavy (non-hydrogen) atoms. The topological polar surface area (TPSA) is 26.3 Å². The van der Waals surface area contributed by atoms with E-state index in [9.17, 15) is 9.18 Å². The van der Waals surface area contributed by atoms with Crippen molar-refractivity contribution in [1.82, 2.24) is 0 Å². The van der Waals surface area contributed by atoms with Crippen LogP contribution >= 0.6 is 27.5 Å². The zero-order chi connectivity index (χ0) is 10.7. The normalized spacial score (nSPS) is 10.0. The van der Waals surface area contributed by atoms with Crippen molar-refractivity contribution >= 4 is 33.5 Å². The standard InChI is InChI=1S/C9H7BrClFO2/c1-2-14-9(13)5-3-8(12)6(10)4-7(5)11/h3-4H,2H2,1H3. The third-order valence-corrected chi connectivity index (χ3v) is 2.43. The molecular formula is C9H7BrClFO2. The molecule has 1 rings (SSSR count). The molecule has 1 aromatic carbocycles. The van der Waals surface area contributed by atoms with Gasteiger partial charge in [-0.05, 0) is 35.0 Å². The van der Waals surface area contributed by atoms with Crippen molar-refractivity contribution in [3.8, 4) is 0 Å². The lowest BCUT2D eigenvalue weighted by Gasteiger charge is -2.04. The maximum Gasteiger partial charge on any atom is 0.339 e. The van der Waals surface area contributed by atoms with Crippen molar-refractivity contribution in [3.63, 3.8) is 0 Å². The summed E-state index contributed by atoms with van der Waals surface area (Å²) in [5.74, 6) is -1.17. The van der Waals surface area contributed by atoms with Gasteiger partial charge in [0.05, 0.1) is 21.7 Å². The van der Waals surface area contributed by atoms with E-state index in [2.05, 4.69) is 15.9 Å². The predicted octanol–water partition coefficient (Wildman–Crippen LogP) is 3.42. The Labute approximate surface area is 94.1 Å². The molecule has 0 fully saturated rings. The molecule has 76 valence electrons. The van der Waals surface area contributed by atoms with E-state index in [0.29, 0.717) is 0 Å². The molecule has 0 heterocycles.